The SMILES string of the molecule is CN(C)/C=N\Nc1ncc(C(F)(F)F)cc1Cl. The summed E-state index contributed by atoms with van der Waals surface area (Å²) in [7, 11) is 3.49. The molecular formula is C9H10ClF3N4. The van der Waals surface area contributed by atoms with Gasteiger partial charge >= 0.3 is 6.18 Å². The number of hydrogen-bond acceptors (Lipinski definition) is 3. The van der Waals surface area contributed by atoms with Crippen molar-refractivity contribution in [3.05, 3.63) is 22.8 Å². The monoisotopic (exact) mass is 266 g/mol. The minimum atomic E-state index is -4.46. The van der Waals surface area contributed by atoms with Gasteiger partial charge in [0, 0.05) is 20.3 Å². The molecule has 0 radical (unpaired) electrons. The topological polar surface area (TPSA) is 40.5 Å². The maximum Gasteiger partial charge on any atom is 0.417 e. The van der Waals surface area contributed by atoms with E-state index in [1.54, 1.807) is 19.0 Å². The molecule has 0 spiro atoms. The van der Waals surface area contributed by atoms with Crippen LogP contribution in [-0.2, 0) is 6.18 Å². The fraction of sp³-hybridized carbons (Fsp3) is 0.333. The highest BCUT2D eigenvalue weighted by Gasteiger charge is 2.31. The Balaban J connectivity index is 2.84. The molecule has 0 aliphatic carbocycles. The normalized spacial score (nSPS) is 11.9. The lowest BCUT2D eigenvalue weighted by Crippen LogP contribution is -2.10. The molecule has 0 atom stereocenters. The lowest BCUT2D eigenvalue weighted by molar-refractivity contribution is -0.137. The molecule has 17 heavy (non-hydrogen) atoms. The number of hydrogen-bond donors (Lipinski definition) is 1. The predicted octanol–water partition coefficient (Wildman–Crippen LogP) is 2.67. The first-order valence-corrected chi connectivity index (χ1v) is 4.87. The lowest BCUT2D eigenvalue weighted by Gasteiger charge is -2.08. The van der Waals surface area contributed by atoms with E-state index in [9.17, 15) is 13.2 Å². The number of alkyl halides is 3. The molecule has 0 bridgehead atoms. The largest absolute Gasteiger partial charge is 0.417 e. The van der Waals surface area contributed by atoms with Gasteiger partial charge in [-0.25, -0.2) is 4.98 Å². The van der Waals surface area contributed by atoms with Crippen LogP contribution in [0.2, 0.25) is 5.02 Å². The quantitative estimate of drug-likeness (QED) is 0.519. The first-order chi connectivity index (χ1) is 7.80. The average molecular weight is 267 g/mol. The van der Waals surface area contributed by atoms with Gasteiger partial charge in [-0.3, -0.25) is 5.43 Å². The molecular weight excluding hydrogens is 257 g/mol. The molecule has 0 unspecified atom stereocenters. The van der Waals surface area contributed by atoms with Crippen LogP contribution in [0.1, 0.15) is 5.56 Å². The van der Waals surface area contributed by atoms with Gasteiger partial charge in [0.05, 0.1) is 10.6 Å². The summed E-state index contributed by atoms with van der Waals surface area (Å²) in [6, 6.07) is 0.794. The van der Waals surface area contributed by atoms with E-state index < -0.39 is 11.7 Å². The zero-order chi connectivity index (χ0) is 13.1. The third-order valence-electron chi connectivity index (χ3n) is 1.63. The number of nitrogens with zero attached hydrogens (tertiary/aromatic N) is 3. The Morgan fingerprint density at radius 1 is 1.47 bits per heavy atom. The molecule has 0 saturated carbocycles. The van der Waals surface area contributed by atoms with Crippen LogP contribution in [0.5, 0.6) is 0 Å². The smallest absolute Gasteiger partial charge is 0.367 e. The van der Waals surface area contributed by atoms with Crippen LogP contribution in [0.4, 0.5) is 19.0 Å². The Morgan fingerprint density at radius 2 is 2.12 bits per heavy atom. The summed E-state index contributed by atoms with van der Waals surface area (Å²) >= 11 is 5.64. The highest BCUT2D eigenvalue weighted by Crippen LogP contribution is 2.32. The summed E-state index contributed by atoms with van der Waals surface area (Å²) < 4.78 is 36.9. The molecule has 0 aliphatic heterocycles. The van der Waals surface area contributed by atoms with Crippen molar-refractivity contribution in [1.82, 2.24) is 9.88 Å². The summed E-state index contributed by atoms with van der Waals surface area (Å²) in [5.41, 5.74) is 1.54. The van der Waals surface area contributed by atoms with Gasteiger partial charge in [-0.2, -0.15) is 18.3 Å². The Labute approximate surface area is 101 Å². The number of nitrogens with one attached hydrogen (secondary N) is 1. The minimum absolute atomic E-state index is 0.0674. The van der Waals surface area contributed by atoms with Crippen molar-refractivity contribution >= 4 is 23.8 Å². The molecule has 0 fully saturated rings. The molecule has 1 rings (SSSR count). The van der Waals surface area contributed by atoms with Crippen molar-refractivity contribution in [3.63, 3.8) is 0 Å². The van der Waals surface area contributed by atoms with Crippen molar-refractivity contribution in [1.29, 1.82) is 0 Å². The van der Waals surface area contributed by atoms with Crippen LogP contribution < -0.4 is 5.43 Å². The van der Waals surface area contributed by atoms with E-state index in [0.29, 0.717) is 6.20 Å². The molecule has 4 nitrogen and oxygen atoms in total. The van der Waals surface area contributed by atoms with E-state index in [-0.39, 0.29) is 10.8 Å². The van der Waals surface area contributed by atoms with Gasteiger partial charge in [-0.15, -0.1) is 0 Å². The van der Waals surface area contributed by atoms with Crippen LogP contribution in [0.3, 0.4) is 0 Å². The summed E-state index contributed by atoms with van der Waals surface area (Å²) in [5, 5.41) is 3.57. The molecule has 94 valence electrons. The molecule has 1 heterocycles. The standard InChI is InChI=1S/C9H10ClF3N4/c1-17(2)5-15-16-8-7(10)3-6(4-14-8)9(11,12)13/h3-5H,1-2H3,(H,14,16)/b15-5-. The van der Waals surface area contributed by atoms with Crippen LogP contribution in [0, 0.1) is 0 Å². The van der Waals surface area contributed by atoms with Gasteiger partial charge < -0.3 is 4.90 Å². The second kappa shape index (κ2) is 5.22. The lowest BCUT2D eigenvalue weighted by atomic mass is 10.3. The highest BCUT2D eigenvalue weighted by atomic mass is 35.5. The van der Waals surface area contributed by atoms with Crippen molar-refractivity contribution < 1.29 is 13.2 Å². The number of aromatic nitrogens is 1. The van der Waals surface area contributed by atoms with Gasteiger partial charge in [0.1, 0.15) is 6.34 Å². The maximum atomic E-state index is 12.3. The van der Waals surface area contributed by atoms with Gasteiger partial charge in [0.25, 0.3) is 0 Å². The predicted molar refractivity (Wildman–Crippen MR) is 60.1 cm³/mol. The summed E-state index contributed by atoms with van der Waals surface area (Å²) in [6.07, 6.45) is -2.34. The van der Waals surface area contributed by atoms with Crippen molar-refractivity contribution in [2.24, 2.45) is 5.10 Å². The second-order valence-electron chi connectivity index (χ2n) is 3.37. The van der Waals surface area contributed by atoms with E-state index in [1.165, 1.54) is 6.34 Å². The Kier molecular flexibility index (Phi) is 4.17. The first kappa shape index (κ1) is 13.6. The second-order valence-corrected chi connectivity index (χ2v) is 3.78. The fourth-order valence-electron chi connectivity index (χ4n) is 0.881. The number of rotatable bonds is 3. The van der Waals surface area contributed by atoms with Gasteiger partial charge in [-0.05, 0) is 6.07 Å². The van der Waals surface area contributed by atoms with E-state index in [0.717, 1.165) is 6.07 Å². The van der Waals surface area contributed by atoms with E-state index in [4.69, 9.17) is 11.6 Å². The molecule has 8 heteroatoms. The Bertz CT molecular complexity index is 417. The van der Waals surface area contributed by atoms with Crippen molar-refractivity contribution in [3.8, 4) is 0 Å². The van der Waals surface area contributed by atoms with Crippen LogP contribution in [-0.4, -0.2) is 30.3 Å². The van der Waals surface area contributed by atoms with Crippen LogP contribution in [0.15, 0.2) is 17.4 Å². The zero-order valence-corrected chi connectivity index (χ0v) is 9.84. The number of pyridine rings is 1. The molecule has 1 aromatic heterocycles. The van der Waals surface area contributed by atoms with Crippen molar-refractivity contribution in [2.45, 2.75) is 6.18 Å². The summed E-state index contributed by atoms with van der Waals surface area (Å²) in [5.74, 6) is 0.0674. The molecule has 1 N–H and O–H groups in total. The number of anilines is 1. The molecule has 0 saturated heterocycles. The Morgan fingerprint density at radius 3 is 2.59 bits per heavy atom. The fourth-order valence-corrected chi connectivity index (χ4v) is 1.09. The average Bonchev–Trinajstić information content (AvgIpc) is 2.18. The molecule has 1 aromatic rings. The third-order valence-corrected chi connectivity index (χ3v) is 1.92. The number of hydrazone groups is 1. The van der Waals surface area contributed by atoms with E-state index in [1.807, 2.05) is 0 Å². The van der Waals surface area contributed by atoms with Gasteiger partial charge in [0.2, 0.25) is 0 Å². The first-order valence-electron chi connectivity index (χ1n) is 4.49. The highest BCUT2D eigenvalue weighted by molar-refractivity contribution is 6.32. The third kappa shape index (κ3) is 4.10. The van der Waals surface area contributed by atoms with Crippen LogP contribution >= 0.6 is 11.6 Å². The van der Waals surface area contributed by atoms with Crippen LogP contribution in [0.25, 0.3) is 0 Å². The number of halogens is 4. The van der Waals surface area contributed by atoms with E-state index in [2.05, 4.69) is 15.5 Å². The zero-order valence-electron chi connectivity index (χ0n) is 9.09. The molecule has 0 amide bonds. The van der Waals surface area contributed by atoms with Gasteiger partial charge in [0.15, 0.2) is 5.82 Å². The Hall–Kier alpha value is -1.50. The summed E-state index contributed by atoms with van der Waals surface area (Å²) in [6.45, 7) is 0. The minimum Gasteiger partial charge on any atom is -0.367 e. The molecule has 0 aliphatic rings. The van der Waals surface area contributed by atoms with E-state index >= 15 is 0 Å². The van der Waals surface area contributed by atoms with Gasteiger partial charge in [-0.1, -0.05) is 11.6 Å². The molecule has 0 aromatic carbocycles. The summed E-state index contributed by atoms with van der Waals surface area (Å²) in [4.78, 5) is 5.19. The van der Waals surface area contributed by atoms with Crippen molar-refractivity contribution in [2.75, 3.05) is 19.5 Å². The maximum absolute atomic E-state index is 12.3.